The summed E-state index contributed by atoms with van der Waals surface area (Å²) >= 11 is 0. The molecule has 3 rings (SSSR count). The zero-order chi connectivity index (χ0) is 15.4. The van der Waals surface area contributed by atoms with Crippen molar-refractivity contribution >= 4 is 5.69 Å². The van der Waals surface area contributed by atoms with Gasteiger partial charge in [0.15, 0.2) is 0 Å². The van der Waals surface area contributed by atoms with Crippen molar-refractivity contribution in [3.63, 3.8) is 0 Å². The zero-order valence-corrected chi connectivity index (χ0v) is 13.7. The lowest BCUT2D eigenvalue weighted by atomic mass is 9.96. The molecule has 0 spiro atoms. The number of anilines is 1. The number of pyridine rings is 1. The summed E-state index contributed by atoms with van der Waals surface area (Å²) in [6.45, 7) is 7.68. The minimum absolute atomic E-state index is 0.535. The van der Waals surface area contributed by atoms with Crippen LogP contribution in [-0.4, -0.2) is 27.6 Å². The first-order chi connectivity index (χ1) is 10.8. The molecule has 2 aromatic heterocycles. The first kappa shape index (κ1) is 15.1. The predicted molar refractivity (Wildman–Crippen MR) is 90.3 cm³/mol. The third-order valence-electron chi connectivity index (χ3n) is 4.62. The maximum absolute atomic E-state index is 4.67. The maximum atomic E-state index is 4.67. The van der Waals surface area contributed by atoms with Crippen LogP contribution >= 0.6 is 0 Å². The molecule has 0 aromatic carbocycles. The van der Waals surface area contributed by atoms with Crippen LogP contribution < -0.4 is 4.90 Å². The molecule has 1 fully saturated rings. The number of piperidine rings is 1. The van der Waals surface area contributed by atoms with E-state index >= 15 is 0 Å². The number of hydrogen-bond acceptors (Lipinski definition) is 3. The SMILES string of the molecule is CCCCn1ccnc1C1CCCN(c2ccncc2C)C1. The van der Waals surface area contributed by atoms with Crippen LogP contribution in [0.3, 0.4) is 0 Å². The van der Waals surface area contributed by atoms with Gasteiger partial charge in [-0.15, -0.1) is 0 Å². The van der Waals surface area contributed by atoms with Crippen molar-refractivity contribution in [1.29, 1.82) is 0 Å². The Morgan fingerprint density at radius 3 is 3.05 bits per heavy atom. The van der Waals surface area contributed by atoms with Gasteiger partial charge in [0.2, 0.25) is 0 Å². The van der Waals surface area contributed by atoms with Crippen LogP contribution in [0.15, 0.2) is 30.9 Å². The van der Waals surface area contributed by atoms with Crippen LogP contribution in [0.4, 0.5) is 5.69 Å². The average Bonchev–Trinajstić information content (AvgIpc) is 3.02. The van der Waals surface area contributed by atoms with Gasteiger partial charge in [-0.1, -0.05) is 13.3 Å². The third-order valence-corrected chi connectivity index (χ3v) is 4.62. The molecule has 1 atom stereocenters. The molecular weight excluding hydrogens is 272 g/mol. The van der Waals surface area contributed by atoms with Crippen LogP contribution in [0.25, 0.3) is 0 Å². The normalized spacial score (nSPS) is 18.6. The van der Waals surface area contributed by atoms with Gasteiger partial charge in [0.25, 0.3) is 0 Å². The molecule has 118 valence electrons. The van der Waals surface area contributed by atoms with Gasteiger partial charge in [0.05, 0.1) is 0 Å². The Morgan fingerprint density at radius 2 is 2.23 bits per heavy atom. The quantitative estimate of drug-likeness (QED) is 0.842. The van der Waals surface area contributed by atoms with Crippen molar-refractivity contribution in [2.75, 3.05) is 18.0 Å². The van der Waals surface area contributed by atoms with E-state index in [2.05, 4.69) is 45.5 Å². The van der Waals surface area contributed by atoms with E-state index in [4.69, 9.17) is 0 Å². The maximum Gasteiger partial charge on any atom is 0.113 e. The summed E-state index contributed by atoms with van der Waals surface area (Å²) in [7, 11) is 0. The Bertz CT molecular complexity index is 605. The molecule has 4 heteroatoms. The molecule has 0 bridgehead atoms. The van der Waals surface area contributed by atoms with E-state index in [1.54, 1.807) is 0 Å². The van der Waals surface area contributed by atoms with E-state index in [0.717, 1.165) is 19.6 Å². The second-order valence-corrected chi connectivity index (χ2v) is 6.28. The van der Waals surface area contributed by atoms with E-state index in [1.165, 1.54) is 42.8 Å². The average molecular weight is 298 g/mol. The fourth-order valence-corrected chi connectivity index (χ4v) is 3.43. The highest BCUT2D eigenvalue weighted by atomic mass is 15.2. The summed E-state index contributed by atoms with van der Waals surface area (Å²) in [5, 5.41) is 0. The molecule has 1 saturated heterocycles. The van der Waals surface area contributed by atoms with Crippen molar-refractivity contribution < 1.29 is 0 Å². The number of rotatable bonds is 5. The first-order valence-corrected chi connectivity index (χ1v) is 8.46. The van der Waals surface area contributed by atoms with Crippen LogP contribution in [0.2, 0.25) is 0 Å². The summed E-state index contributed by atoms with van der Waals surface area (Å²) in [6, 6.07) is 2.14. The molecule has 3 heterocycles. The third kappa shape index (κ3) is 3.16. The molecule has 1 aliphatic heterocycles. The second-order valence-electron chi connectivity index (χ2n) is 6.28. The van der Waals surface area contributed by atoms with Gasteiger partial charge in [0, 0.05) is 56.0 Å². The van der Waals surface area contributed by atoms with Gasteiger partial charge >= 0.3 is 0 Å². The molecule has 0 saturated carbocycles. The van der Waals surface area contributed by atoms with Crippen LogP contribution in [0, 0.1) is 6.92 Å². The van der Waals surface area contributed by atoms with Gasteiger partial charge in [-0.3, -0.25) is 4.98 Å². The molecule has 0 amide bonds. The Labute approximate surface area is 133 Å². The Morgan fingerprint density at radius 1 is 1.32 bits per heavy atom. The minimum atomic E-state index is 0.535. The number of hydrogen-bond donors (Lipinski definition) is 0. The van der Waals surface area contributed by atoms with Crippen molar-refractivity contribution in [3.05, 3.63) is 42.2 Å². The fourth-order valence-electron chi connectivity index (χ4n) is 3.43. The van der Waals surface area contributed by atoms with Gasteiger partial charge in [-0.2, -0.15) is 0 Å². The molecule has 0 radical (unpaired) electrons. The molecule has 1 unspecified atom stereocenters. The van der Waals surface area contributed by atoms with E-state index < -0.39 is 0 Å². The lowest BCUT2D eigenvalue weighted by molar-refractivity contribution is 0.465. The molecule has 2 aromatic rings. The lowest BCUT2D eigenvalue weighted by Crippen LogP contribution is -2.35. The smallest absolute Gasteiger partial charge is 0.113 e. The van der Waals surface area contributed by atoms with Gasteiger partial charge in [-0.05, 0) is 37.8 Å². The number of aryl methyl sites for hydroxylation is 2. The monoisotopic (exact) mass is 298 g/mol. The van der Waals surface area contributed by atoms with Crippen molar-refractivity contribution in [1.82, 2.24) is 14.5 Å². The Balaban J connectivity index is 1.76. The van der Waals surface area contributed by atoms with Gasteiger partial charge < -0.3 is 9.47 Å². The van der Waals surface area contributed by atoms with Crippen molar-refractivity contribution in [2.45, 2.75) is 52.0 Å². The Kier molecular flexibility index (Phi) is 4.76. The first-order valence-electron chi connectivity index (χ1n) is 8.46. The summed E-state index contributed by atoms with van der Waals surface area (Å²) in [5.74, 6) is 1.80. The van der Waals surface area contributed by atoms with Crippen molar-refractivity contribution in [3.8, 4) is 0 Å². The van der Waals surface area contributed by atoms with E-state index in [9.17, 15) is 0 Å². The minimum Gasteiger partial charge on any atom is -0.370 e. The van der Waals surface area contributed by atoms with Crippen molar-refractivity contribution in [2.24, 2.45) is 0 Å². The molecule has 0 N–H and O–H groups in total. The topological polar surface area (TPSA) is 34.0 Å². The number of aromatic nitrogens is 3. The largest absolute Gasteiger partial charge is 0.370 e. The standard InChI is InChI=1S/C18H26N4/c1-3-4-10-21-12-9-20-18(21)16-6-5-11-22(14-16)17-7-8-19-13-15(17)2/h7-9,12-13,16H,3-6,10-11,14H2,1-2H3. The number of imidazole rings is 1. The second kappa shape index (κ2) is 6.95. The van der Waals surface area contributed by atoms with E-state index in [0.29, 0.717) is 5.92 Å². The predicted octanol–water partition coefficient (Wildman–Crippen LogP) is 3.77. The fraction of sp³-hybridized carbons (Fsp3) is 0.556. The molecule has 1 aliphatic rings. The van der Waals surface area contributed by atoms with Crippen LogP contribution in [0.5, 0.6) is 0 Å². The van der Waals surface area contributed by atoms with E-state index in [1.807, 2.05) is 18.6 Å². The van der Waals surface area contributed by atoms with Gasteiger partial charge in [0.1, 0.15) is 5.82 Å². The molecule has 22 heavy (non-hydrogen) atoms. The molecule has 0 aliphatic carbocycles. The lowest BCUT2D eigenvalue weighted by Gasteiger charge is -2.35. The number of nitrogens with zero attached hydrogens (tertiary/aromatic N) is 4. The molecular formula is C18H26N4. The zero-order valence-electron chi connectivity index (χ0n) is 13.7. The Hall–Kier alpha value is -1.84. The number of unbranched alkanes of at least 4 members (excludes halogenated alkanes) is 1. The highest BCUT2D eigenvalue weighted by Crippen LogP contribution is 2.30. The summed E-state index contributed by atoms with van der Waals surface area (Å²) < 4.78 is 2.36. The summed E-state index contributed by atoms with van der Waals surface area (Å²) in [6.07, 6.45) is 12.9. The molecule has 4 nitrogen and oxygen atoms in total. The van der Waals surface area contributed by atoms with Crippen LogP contribution in [0.1, 0.15) is 49.9 Å². The summed E-state index contributed by atoms with van der Waals surface area (Å²) in [5.41, 5.74) is 2.59. The highest BCUT2D eigenvalue weighted by molar-refractivity contribution is 5.52. The highest BCUT2D eigenvalue weighted by Gasteiger charge is 2.25. The van der Waals surface area contributed by atoms with E-state index in [-0.39, 0.29) is 0 Å². The summed E-state index contributed by atoms with van der Waals surface area (Å²) in [4.78, 5) is 11.4. The van der Waals surface area contributed by atoms with Crippen LogP contribution in [-0.2, 0) is 6.54 Å². The van der Waals surface area contributed by atoms with Gasteiger partial charge in [-0.25, -0.2) is 4.98 Å².